The maximum atomic E-state index is 8.56. The van der Waals surface area contributed by atoms with Crippen molar-refractivity contribution in [2.75, 3.05) is 0 Å². The minimum absolute atomic E-state index is 0. The second-order valence-corrected chi connectivity index (χ2v) is 0.283. The predicted octanol–water partition coefficient (Wildman–Crippen LogP) is -0.0892. The summed E-state index contributed by atoms with van der Waals surface area (Å²) in [5.74, 6) is 0. The van der Waals surface area contributed by atoms with Crippen molar-refractivity contribution in [3.05, 3.63) is 0 Å². The topological polar surface area (TPSA) is 57.5 Å². The number of carboxylic acid groups (broad SMARTS) is 2. The average Bonchev–Trinajstić information content (AvgIpc) is 0.811. The van der Waals surface area contributed by atoms with Crippen molar-refractivity contribution in [2.45, 2.75) is 0 Å². The number of hydrogen-bond acceptors (Lipinski definition) is 1. The third kappa shape index (κ3) is 32.3. The fourth-order valence-electron chi connectivity index (χ4n) is 0. The van der Waals surface area contributed by atoms with Crippen LogP contribution in [0, 0.1) is 0 Å². The summed E-state index contributed by atoms with van der Waals surface area (Å²) in [6, 6.07) is 0. The molecule has 0 heterocycles. The Balaban J connectivity index is -0.00000000300. The van der Waals surface area contributed by atoms with Crippen LogP contribution in [-0.2, 0) is 0 Å². The minimum atomic E-state index is -1.83. The molecule has 2 N–H and O–H groups in total. The molecule has 0 atom stereocenters. The number of rotatable bonds is 0. The fraction of sp³-hybridized carbons (Fsp3) is 0. The van der Waals surface area contributed by atoms with Gasteiger partial charge in [-0.05, 0) is 0 Å². The van der Waals surface area contributed by atoms with Crippen molar-refractivity contribution in [1.82, 2.24) is 0 Å². The Bertz CT molecular complexity index is 41.5. The Morgan fingerprint density at radius 3 is 1.33 bits per heavy atom. The van der Waals surface area contributed by atoms with Crippen LogP contribution in [0.1, 0.15) is 5.71 Å². The number of carbonyl (C=O) groups is 1. The van der Waals surface area contributed by atoms with Crippen LogP contribution in [0.5, 0.6) is 0 Å². The maximum absolute atomic E-state index is 8.56. The van der Waals surface area contributed by atoms with Crippen molar-refractivity contribution in [2.24, 2.45) is 0 Å². The molecule has 0 aliphatic carbocycles. The Morgan fingerprint density at radius 2 is 1.33 bits per heavy atom. The smallest absolute Gasteiger partial charge is 1.00 e. The Hall–Kier alpha value is 2.41. The van der Waals surface area contributed by atoms with E-state index in [1.165, 1.54) is 0 Å². The molecule has 0 rings (SSSR count). The molecule has 0 fully saturated rings. The van der Waals surface area contributed by atoms with Crippen molar-refractivity contribution < 1.29 is 20.7 Å². The second-order valence-electron chi connectivity index (χ2n) is 0.283. The van der Waals surface area contributed by atoms with E-state index in [9.17, 15) is 0 Å². The first kappa shape index (κ1) is 15.8. The van der Waals surface area contributed by atoms with Crippen LogP contribution in [0.3, 0.4) is 0 Å². The van der Waals surface area contributed by atoms with E-state index in [4.69, 9.17) is 15.0 Å². The molecule has 0 bridgehead atoms. The molecule has 0 saturated carbocycles. The molecule has 5 heteroatoms. The fourth-order valence-corrected chi connectivity index (χ4v) is 0. The second kappa shape index (κ2) is 10.4. The van der Waals surface area contributed by atoms with Gasteiger partial charge in [0.15, 0.2) is 0 Å². The van der Waals surface area contributed by atoms with Crippen LogP contribution in [0.4, 0.5) is 4.79 Å². The van der Waals surface area contributed by atoms with Crippen molar-refractivity contribution in [3.8, 4) is 0 Å². The summed E-state index contributed by atoms with van der Waals surface area (Å²) < 4.78 is 0. The summed E-state index contributed by atoms with van der Waals surface area (Å²) in [4.78, 5) is 8.56. The van der Waals surface area contributed by atoms with Crippen LogP contribution < -0.4 is 0 Å². The first-order valence-corrected chi connectivity index (χ1v) is 0.651. The van der Waals surface area contributed by atoms with Gasteiger partial charge in [-0.2, -0.15) is 0 Å². The van der Waals surface area contributed by atoms with Gasteiger partial charge in [-0.15, -0.1) is 0 Å². The summed E-state index contributed by atoms with van der Waals surface area (Å²) in [6.45, 7) is 0. The van der Waals surface area contributed by atoms with Gasteiger partial charge in [0, 0.05) is 0 Å². The monoisotopic (exact) mass is 342 g/mol. The summed E-state index contributed by atoms with van der Waals surface area (Å²) in [6.07, 6.45) is -1.83. The zero-order chi connectivity index (χ0) is 3.58. The predicted molar refractivity (Wildman–Crippen MR) is 26.6 cm³/mol. The zero-order valence-electron chi connectivity index (χ0n) is 7.22. The maximum Gasteiger partial charge on any atom is 2.00 e. The largest absolute Gasteiger partial charge is 2.00 e. The van der Waals surface area contributed by atoms with Gasteiger partial charge in [-0.3, -0.25) is 0 Å². The molecular formula is CH6Ba2O3. The molecule has 0 saturated heterocycles. The minimum Gasteiger partial charge on any atom is -1.00 e. The van der Waals surface area contributed by atoms with Gasteiger partial charge in [-0.1, -0.05) is 0 Å². The van der Waals surface area contributed by atoms with Crippen LogP contribution in [0.25, 0.3) is 0 Å². The van der Waals surface area contributed by atoms with Gasteiger partial charge in [-0.25, -0.2) is 4.79 Å². The Kier molecular flexibility index (Phi) is 27.4. The SMILES string of the molecule is O=C(O)O.[Ba+2].[Ba+2].[H-].[H-].[H-].[H-]. The van der Waals surface area contributed by atoms with Crippen LogP contribution in [0.2, 0.25) is 0 Å². The molecule has 0 aliphatic heterocycles. The van der Waals surface area contributed by atoms with Gasteiger partial charge in [0.05, 0.1) is 0 Å². The van der Waals surface area contributed by atoms with Gasteiger partial charge in [0.25, 0.3) is 0 Å². The summed E-state index contributed by atoms with van der Waals surface area (Å²) in [5.41, 5.74) is 0. The summed E-state index contributed by atoms with van der Waals surface area (Å²) >= 11 is 0. The molecule has 32 valence electrons. The van der Waals surface area contributed by atoms with Gasteiger partial charge >= 0.3 is 104 Å². The van der Waals surface area contributed by atoms with Crippen molar-refractivity contribution in [1.29, 1.82) is 0 Å². The normalized spacial score (nSPS) is 4.00. The Morgan fingerprint density at radius 1 is 1.33 bits per heavy atom. The van der Waals surface area contributed by atoms with Crippen LogP contribution >= 0.6 is 0 Å². The third-order valence-corrected chi connectivity index (χ3v) is 0. The van der Waals surface area contributed by atoms with E-state index < -0.39 is 6.16 Å². The molecule has 0 amide bonds. The zero-order valence-corrected chi connectivity index (χ0v) is 12.1. The average molecular weight is 341 g/mol. The van der Waals surface area contributed by atoms with Crippen molar-refractivity contribution >= 4 is 104 Å². The molecular weight excluding hydrogens is 335 g/mol. The molecule has 0 aliphatic rings. The molecule has 6 heavy (non-hydrogen) atoms. The Labute approximate surface area is 122 Å². The van der Waals surface area contributed by atoms with E-state index in [-0.39, 0.29) is 103 Å². The first-order chi connectivity index (χ1) is 1.73. The van der Waals surface area contributed by atoms with E-state index in [2.05, 4.69) is 0 Å². The first-order valence-electron chi connectivity index (χ1n) is 0.651. The molecule has 0 unspecified atom stereocenters. The third-order valence-electron chi connectivity index (χ3n) is 0. The molecule has 3 nitrogen and oxygen atoms in total. The van der Waals surface area contributed by atoms with E-state index in [0.29, 0.717) is 0 Å². The van der Waals surface area contributed by atoms with Gasteiger partial charge in [0.2, 0.25) is 0 Å². The van der Waals surface area contributed by atoms with E-state index in [1.54, 1.807) is 0 Å². The molecule has 0 aromatic carbocycles. The van der Waals surface area contributed by atoms with Crippen LogP contribution in [-0.4, -0.2) is 114 Å². The van der Waals surface area contributed by atoms with E-state index in [1.807, 2.05) is 0 Å². The number of hydrogen-bond donors (Lipinski definition) is 2. The molecule has 0 aromatic rings. The van der Waals surface area contributed by atoms with Gasteiger partial charge in [0.1, 0.15) is 0 Å². The van der Waals surface area contributed by atoms with Gasteiger partial charge < -0.3 is 15.9 Å². The van der Waals surface area contributed by atoms with Crippen molar-refractivity contribution in [3.63, 3.8) is 0 Å². The standard InChI is InChI=1S/CH2O3.2Ba.4H/c2-1(3)4;;;;;;/h(H2,2,3,4);;;;;;/q;2*+2;4*-1. The van der Waals surface area contributed by atoms with E-state index >= 15 is 0 Å². The van der Waals surface area contributed by atoms with Crippen LogP contribution in [0.15, 0.2) is 0 Å². The molecule has 0 spiro atoms. The molecule has 0 radical (unpaired) electrons. The summed E-state index contributed by atoms with van der Waals surface area (Å²) in [7, 11) is 0. The molecule has 0 aromatic heterocycles. The summed E-state index contributed by atoms with van der Waals surface area (Å²) in [5, 5.41) is 13.9. The van der Waals surface area contributed by atoms with E-state index in [0.717, 1.165) is 0 Å². The quantitative estimate of drug-likeness (QED) is 0.606.